The lowest BCUT2D eigenvalue weighted by molar-refractivity contribution is 0.624. The molecule has 2 atom stereocenters. The van der Waals surface area contributed by atoms with E-state index >= 15 is 0 Å². The molecule has 1 saturated carbocycles. The van der Waals surface area contributed by atoms with Gasteiger partial charge >= 0.3 is 0 Å². The minimum atomic E-state index is -0.337. The quantitative estimate of drug-likeness (QED) is 0.893. The zero-order chi connectivity index (χ0) is 12.3. The number of hydrogen-bond donors (Lipinski definition) is 1. The number of halogens is 1. The normalized spacial score (nSPS) is 23.4. The Morgan fingerprint density at radius 1 is 1.47 bits per heavy atom. The van der Waals surface area contributed by atoms with Crippen LogP contribution in [0.2, 0.25) is 0 Å². The fraction of sp³-hybridized carbons (Fsp3) is 0.462. The van der Waals surface area contributed by atoms with Crippen molar-refractivity contribution in [2.24, 2.45) is 0 Å². The average Bonchev–Trinajstić information content (AvgIpc) is 2.79. The molecule has 1 aliphatic rings. The monoisotopic (exact) mass is 250 g/mol. The van der Waals surface area contributed by atoms with Crippen LogP contribution in [0.3, 0.4) is 0 Å². The summed E-state index contributed by atoms with van der Waals surface area (Å²) in [6, 6.07) is 6.86. The summed E-state index contributed by atoms with van der Waals surface area (Å²) in [7, 11) is 0. The van der Waals surface area contributed by atoms with E-state index in [4.69, 9.17) is 5.26 Å². The standard InChI is InChI=1S/C13H15FN2S/c1-17-13-4-2-3-12(13)16-11-6-5-9(8-15)7-10(11)14/h5-7,12-13,16H,2-4H2,1H3. The van der Waals surface area contributed by atoms with Gasteiger partial charge in [-0.05, 0) is 37.3 Å². The third-order valence-electron chi connectivity index (χ3n) is 3.19. The Hall–Kier alpha value is -1.21. The Kier molecular flexibility index (Phi) is 3.90. The highest BCUT2D eigenvalue weighted by molar-refractivity contribution is 7.99. The van der Waals surface area contributed by atoms with Gasteiger partial charge in [0.2, 0.25) is 0 Å². The van der Waals surface area contributed by atoms with Gasteiger partial charge in [-0.25, -0.2) is 4.39 Å². The third kappa shape index (κ3) is 2.73. The molecule has 0 aromatic heterocycles. The molecule has 0 heterocycles. The predicted octanol–water partition coefficient (Wildman–Crippen LogP) is 3.39. The molecule has 90 valence electrons. The Labute approximate surface area is 105 Å². The summed E-state index contributed by atoms with van der Waals surface area (Å²) < 4.78 is 13.7. The molecule has 0 spiro atoms. The van der Waals surface area contributed by atoms with Gasteiger partial charge in [-0.15, -0.1) is 0 Å². The highest BCUT2D eigenvalue weighted by Crippen LogP contribution is 2.31. The van der Waals surface area contributed by atoms with E-state index in [9.17, 15) is 4.39 Å². The first-order valence-corrected chi connectivity index (χ1v) is 7.02. The predicted molar refractivity (Wildman–Crippen MR) is 69.7 cm³/mol. The molecule has 0 radical (unpaired) electrons. The number of nitriles is 1. The zero-order valence-corrected chi connectivity index (χ0v) is 10.6. The highest BCUT2D eigenvalue weighted by Gasteiger charge is 2.26. The second-order valence-electron chi connectivity index (χ2n) is 4.26. The molecule has 1 aromatic rings. The molecule has 17 heavy (non-hydrogen) atoms. The van der Waals surface area contributed by atoms with Crippen molar-refractivity contribution in [2.75, 3.05) is 11.6 Å². The van der Waals surface area contributed by atoms with E-state index in [0.29, 0.717) is 22.5 Å². The summed E-state index contributed by atoms with van der Waals surface area (Å²) in [6.45, 7) is 0. The average molecular weight is 250 g/mol. The summed E-state index contributed by atoms with van der Waals surface area (Å²) in [5.74, 6) is -0.337. The van der Waals surface area contributed by atoms with Gasteiger partial charge in [-0.2, -0.15) is 17.0 Å². The van der Waals surface area contributed by atoms with Gasteiger partial charge in [0.05, 0.1) is 17.3 Å². The van der Waals surface area contributed by atoms with Crippen molar-refractivity contribution in [2.45, 2.75) is 30.6 Å². The van der Waals surface area contributed by atoms with Crippen LogP contribution >= 0.6 is 11.8 Å². The van der Waals surface area contributed by atoms with Crippen LogP contribution in [0.4, 0.5) is 10.1 Å². The molecule has 2 nitrogen and oxygen atoms in total. The van der Waals surface area contributed by atoms with E-state index in [1.807, 2.05) is 17.8 Å². The molecule has 0 amide bonds. The molecule has 2 rings (SSSR count). The van der Waals surface area contributed by atoms with E-state index < -0.39 is 0 Å². The molecule has 1 aliphatic carbocycles. The maximum absolute atomic E-state index is 13.7. The summed E-state index contributed by atoms with van der Waals surface area (Å²) in [6.07, 6.45) is 5.57. The first kappa shape index (κ1) is 12.3. The maximum atomic E-state index is 13.7. The number of thioether (sulfide) groups is 1. The van der Waals surface area contributed by atoms with Crippen molar-refractivity contribution in [1.82, 2.24) is 0 Å². The van der Waals surface area contributed by atoms with E-state index in [1.165, 1.54) is 18.9 Å². The van der Waals surface area contributed by atoms with Crippen LogP contribution < -0.4 is 5.32 Å². The highest BCUT2D eigenvalue weighted by atomic mass is 32.2. The Morgan fingerprint density at radius 3 is 2.94 bits per heavy atom. The lowest BCUT2D eigenvalue weighted by Gasteiger charge is -2.20. The number of anilines is 1. The third-order valence-corrected chi connectivity index (χ3v) is 4.36. The summed E-state index contributed by atoms with van der Waals surface area (Å²) in [4.78, 5) is 0. The molecule has 2 unspecified atom stereocenters. The minimum Gasteiger partial charge on any atom is -0.379 e. The first-order chi connectivity index (χ1) is 8.24. The van der Waals surface area contributed by atoms with Crippen LogP contribution in [-0.4, -0.2) is 17.5 Å². The lowest BCUT2D eigenvalue weighted by Crippen LogP contribution is -2.26. The fourth-order valence-corrected chi connectivity index (χ4v) is 3.21. The van der Waals surface area contributed by atoms with Gasteiger partial charge in [0.15, 0.2) is 0 Å². The summed E-state index contributed by atoms with van der Waals surface area (Å²) in [5, 5.41) is 12.5. The van der Waals surface area contributed by atoms with Crippen LogP contribution in [0.15, 0.2) is 18.2 Å². The Balaban J connectivity index is 2.11. The number of hydrogen-bond acceptors (Lipinski definition) is 3. The zero-order valence-electron chi connectivity index (χ0n) is 9.74. The SMILES string of the molecule is CSC1CCCC1Nc1ccc(C#N)cc1F. The van der Waals surface area contributed by atoms with Crippen molar-refractivity contribution in [3.05, 3.63) is 29.6 Å². The van der Waals surface area contributed by atoms with Crippen LogP contribution in [0.25, 0.3) is 0 Å². The Morgan fingerprint density at radius 2 is 2.29 bits per heavy atom. The van der Waals surface area contributed by atoms with Gasteiger partial charge in [0.1, 0.15) is 5.82 Å². The van der Waals surface area contributed by atoms with Crippen molar-refractivity contribution in [3.63, 3.8) is 0 Å². The minimum absolute atomic E-state index is 0.337. The molecule has 1 N–H and O–H groups in total. The molecule has 4 heteroatoms. The van der Waals surface area contributed by atoms with Crippen LogP contribution in [0, 0.1) is 17.1 Å². The van der Waals surface area contributed by atoms with Crippen molar-refractivity contribution in [1.29, 1.82) is 5.26 Å². The maximum Gasteiger partial charge on any atom is 0.147 e. The first-order valence-electron chi connectivity index (χ1n) is 5.73. The van der Waals surface area contributed by atoms with Crippen molar-refractivity contribution < 1.29 is 4.39 Å². The summed E-state index contributed by atoms with van der Waals surface area (Å²) >= 11 is 1.84. The van der Waals surface area contributed by atoms with Crippen molar-refractivity contribution in [3.8, 4) is 6.07 Å². The van der Waals surface area contributed by atoms with Gasteiger partial charge in [-0.1, -0.05) is 6.42 Å². The topological polar surface area (TPSA) is 35.8 Å². The molecule has 0 aliphatic heterocycles. The van der Waals surface area contributed by atoms with Crippen LogP contribution in [-0.2, 0) is 0 Å². The molecular weight excluding hydrogens is 235 g/mol. The van der Waals surface area contributed by atoms with Crippen LogP contribution in [0.5, 0.6) is 0 Å². The fourth-order valence-electron chi connectivity index (χ4n) is 2.27. The second kappa shape index (κ2) is 5.42. The van der Waals surface area contributed by atoms with E-state index in [1.54, 1.807) is 12.1 Å². The lowest BCUT2D eigenvalue weighted by atomic mass is 10.2. The van der Waals surface area contributed by atoms with Gasteiger partial charge < -0.3 is 5.32 Å². The molecule has 1 aromatic carbocycles. The van der Waals surface area contributed by atoms with E-state index in [-0.39, 0.29) is 5.82 Å². The van der Waals surface area contributed by atoms with E-state index in [0.717, 1.165) is 6.42 Å². The Bertz CT molecular complexity index is 442. The number of benzene rings is 1. The molecule has 0 saturated heterocycles. The van der Waals surface area contributed by atoms with Crippen molar-refractivity contribution >= 4 is 17.4 Å². The van der Waals surface area contributed by atoms with Crippen LogP contribution in [0.1, 0.15) is 24.8 Å². The summed E-state index contributed by atoms with van der Waals surface area (Å²) in [5.41, 5.74) is 0.871. The molecular formula is C13H15FN2S. The number of nitrogens with zero attached hydrogens (tertiary/aromatic N) is 1. The smallest absolute Gasteiger partial charge is 0.147 e. The van der Waals surface area contributed by atoms with Gasteiger partial charge in [0, 0.05) is 11.3 Å². The van der Waals surface area contributed by atoms with Gasteiger partial charge in [0.25, 0.3) is 0 Å². The number of rotatable bonds is 3. The molecule has 1 fully saturated rings. The molecule has 0 bridgehead atoms. The van der Waals surface area contributed by atoms with E-state index in [2.05, 4.69) is 11.6 Å². The second-order valence-corrected chi connectivity index (χ2v) is 5.34. The number of nitrogens with one attached hydrogen (secondary N) is 1. The van der Waals surface area contributed by atoms with Gasteiger partial charge in [-0.3, -0.25) is 0 Å². The largest absolute Gasteiger partial charge is 0.379 e.